The van der Waals surface area contributed by atoms with E-state index < -0.39 is 102 Å². The SMILES string of the molecule is CC(C)(C)OC(=O)NCc1ccc(C(=O)Nc2c(Cl)cc(C(F)(C(F)(F)F)C(F)(F)F)cc2Cl)cc1Cl.NCc1ccc(C(=O)Nc2c(Cl)cc(C(F)(C(F)(F)F)C(F)(F)F)cc2Cl)cc1Cl. The van der Waals surface area contributed by atoms with Gasteiger partial charge in [0.1, 0.15) is 5.60 Å². The second kappa shape index (κ2) is 20.8. The number of nitrogens with one attached hydrogen (secondary N) is 3. The fraction of sp³-hybridized carbons (Fsp3) is 0.308. The predicted molar refractivity (Wildman–Crippen MR) is 222 cm³/mol. The first kappa shape index (κ1) is 57.1. The lowest BCUT2D eigenvalue weighted by molar-refractivity contribution is -0.349. The average Bonchev–Trinajstić information content (AvgIpc) is 3.16. The van der Waals surface area contributed by atoms with Gasteiger partial charge in [0.25, 0.3) is 11.8 Å². The van der Waals surface area contributed by atoms with E-state index in [-0.39, 0.29) is 58.5 Å². The molecule has 0 aliphatic heterocycles. The summed E-state index contributed by atoms with van der Waals surface area (Å²) in [4.78, 5) is 36.7. The molecule has 368 valence electrons. The van der Waals surface area contributed by atoms with Crippen molar-refractivity contribution in [2.24, 2.45) is 5.73 Å². The van der Waals surface area contributed by atoms with E-state index in [9.17, 15) is 75.8 Å². The Morgan fingerprint density at radius 3 is 1.09 bits per heavy atom. The number of halogens is 20. The van der Waals surface area contributed by atoms with Crippen molar-refractivity contribution in [2.45, 2.75) is 75.5 Å². The molecule has 0 unspecified atom stereocenters. The maximum Gasteiger partial charge on any atom is 0.435 e. The maximum absolute atomic E-state index is 14.3. The van der Waals surface area contributed by atoms with Crippen LogP contribution in [0.1, 0.15) is 63.7 Å². The summed E-state index contributed by atoms with van der Waals surface area (Å²) in [6.45, 7) is 5.03. The number of carbonyl (C=O) groups is 3. The fourth-order valence-electron chi connectivity index (χ4n) is 5.30. The van der Waals surface area contributed by atoms with Crippen LogP contribution in [0.3, 0.4) is 0 Å². The lowest BCUT2D eigenvalue weighted by atomic mass is 9.94. The van der Waals surface area contributed by atoms with E-state index >= 15 is 0 Å². The van der Waals surface area contributed by atoms with Crippen LogP contribution in [-0.2, 0) is 29.2 Å². The zero-order valence-electron chi connectivity index (χ0n) is 33.5. The molecular weight excluding hydrogens is 1070 g/mol. The standard InChI is InChI=1S/C22H18Cl3F7N2O3.C17H10Cl3F7N2O/c1-19(2,3)37-18(36)33-9-11-5-4-10(6-13(11)23)17(35)34-16-14(24)7-12(8-15(16)25)20(26,21(27,28)29)22(30,31)32;18-10-3-7(1-2-8(10)6-28)14(30)29-13-11(19)4-9(5-12(13)20)15(21,16(22,23)24)17(25,26)27/h4-8H,9H2,1-3H3,(H,33,36)(H,34,35);1-5H,6,28H2,(H,29,30). The van der Waals surface area contributed by atoms with Crippen molar-refractivity contribution in [3.05, 3.63) is 124 Å². The van der Waals surface area contributed by atoms with Crippen LogP contribution in [0.25, 0.3) is 0 Å². The van der Waals surface area contributed by atoms with Gasteiger partial charge in [-0.25, -0.2) is 13.6 Å². The highest BCUT2D eigenvalue weighted by Crippen LogP contribution is 2.56. The number of carbonyl (C=O) groups excluding carboxylic acids is 3. The monoisotopic (exact) mass is 1090 g/mol. The minimum Gasteiger partial charge on any atom is -0.444 e. The molecule has 4 aromatic carbocycles. The summed E-state index contributed by atoms with van der Waals surface area (Å²) in [6.07, 6.45) is -26.2. The summed E-state index contributed by atoms with van der Waals surface area (Å²) in [6, 6.07) is 8.14. The van der Waals surface area contributed by atoms with Crippen LogP contribution >= 0.6 is 69.6 Å². The summed E-state index contributed by atoms with van der Waals surface area (Å²) < 4.78 is 189. The second-order valence-corrected chi connectivity index (χ2v) is 17.0. The van der Waals surface area contributed by atoms with Crippen molar-refractivity contribution in [1.29, 1.82) is 0 Å². The number of amides is 3. The van der Waals surface area contributed by atoms with Gasteiger partial charge in [-0.3, -0.25) is 9.59 Å². The number of benzene rings is 4. The van der Waals surface area contributed by atoms with Gasteiger partial charge in [0.15, 0.2) is 0 Å². The molecule has 0 spiro atoms. The molecule has 67 heavy (non-hydrogen) atoms. The molecule has 0 aliphatic carbocycles. The molecular formula is C39H28Cl6F14N4O4. The van der Waals surface area contributed by atoms with Crippen LogP contribution in [0.2, 0.25) is 30.1 Å². The van der Waals surface area contributed by atoms with E-state index in [0.717, 1.165) is 0 Å². The number of alkyl carbamates (subject to hydrolysis) is 1. The number of hydrogen-bond acceptors (Lipinski definition) is 5. The highest BCUT2D eigenvalue weighted by atomic mass is 35.5. The van der Waals surface area contributed by atoms with Crippen LogP contribution < -0.4 is 21.7 Å². The Morgan fingerprint density at radius 2 is 0.821 bits per heavy atom. The highest BCUT2D eigenvalue weighted by Gasteiger charge is 2.74. The van der Waals surface area contributed by atoms with Gasteiger partial charge in [0.2, 0.25) is 0 Å². The Hall–Kier alpha value is -4.19. The Balaban J connectivity index is 0.000000363. The van der Waals surface area contributed by atoms with E-state index in [2.05, 4.69) is 16.0 Å². The van der Waals surface area contributed by atoms with Gasteiger partial charge in [0, 0.05) is 45.4 Å². The molecule has 0 bridgehead atoms. The molecule has 0 aromatic heterocycles. The molecule has 0 fully saturated rings. The molecule has 4 rings (SSSR count). The molecule has 0 aliphatic rings. The Bertz CT molecular complexity index is 2440. The summed E-state index contributed by atoms with van der Waals surface area (Å²) >= 11 is 35.0. The van der Waals surface area contributed by atoms with Gasteiger partial charge in [-0.05, 0) is 80.4 Å². The van der Waals surface area contributed by atoms with Crippen LogP contribution in [-0.4, -0.2) is 48.2 Å². The third-order valence-electron chi connectivity index (χ3n) is 8.59. The highest BCUT2D eigenvalue weighted by molar-refractivity contribution is 6.41. The van der Waals surface area contributed by atoms with Crippen LogP contribution in [0.15, 0.2) is 60.7 Å². The zero-order valence-corrected chi connectivity index (χ0v) is 38.0. The normalized spacial score (nSPS) is 12.8. The lowest BCUT2D eigenvalue weighted by Gasteiger charge is -2.30. The fourth-order valence-corrected chi connectivity index (χ4v) is 6.97. The second-order valence-electron chi connectivity index (χ2n) is 14.5. The average molecular weight is 1100 g/mol. The molecule has 28 heteroatoms. The first-order valence-electron chi connectivity index (χ1n) is 17.8. The van der Waals surface area contributed by atoms with Crippen molar-refractivity contribution >= 4 is 98.9 Å². The first-order chi connectivity index (χ1) is 30.3. The maximum atomic E-state index is 14.3. The molecule has 0 heterocycles. The number of anilines is 2. The van der Waals surface area contributed by atoms with E-state index in [1.54, 1.807) is 20.8 Å². The molecule has 0 radical (unpaired) electrons. The number of nitrogens with two attached hydrogens (primary N) is 1. The zero-order chi connectivity index (χ0) is 51.6. The largest absolute Gasteiger partial charge is 0.444 e. The predicted octanol–water partition coefficient (Wildman–Crippen LogP) is 14.9. The van der Waals surface area contributed by atoms with E-state index in [0.29, 0.717) is 11.1 Å². The van der Waals surface area contributed by atoms with Gasteiger partial charge in [0.05, 0.1) is 31.5 Å². The number of ether oxygens (including phenoxy) is 1. The van der Waals surface area contributed by atoms with Gasteiger partial charge in [-0.2, -0.15) is 52.7 Å². The van der Waals surface area contributed by atoms with Gasteiger partial charge in [-0.1, -0.05) is 81.7 Å². The van der Waals surface area contributed by atoms with Crippen LogP contribution in [0.5, 0.6) is 0 Å². The minimum atomic E-state index is -6.38. The molecule has 0 saturated heterocycles. The van der Waals surface area contributed by atoms with Gasteiger partial charge in [-0.15, -0.1) is 0 Å². The number of alkyl halides is 14. The van der Waals surface area contributed by atoms with E-state index in [4.69, 9.17) is 80.1 Å². The summed E-state index contributed by atoms with van der Waals surface area (Å²) in [5.41, 5.74) is -10.9. The lowest BCUT2D eigenvalue weighted by Crippen LogP contribution is -2.50. The van der Waals surface area contributed by atoms with Crippen molar-refractivity contribution < 1.29 is 80.6 Å². The number of rotatable bonds is 9. The summed E-state index contributed by atoms with van der Waals surface area (Å²) in [5, 5.41) is 3.48. The van der Waals surface area contributed by atoms with Gasteiger partial charge < -0.3 is 26.4 Å². The van der Waals surface area contributed by atoms with Crippen molar-refractivity contribution in [2.75, 3.05) is 10.6 Å². The first-order valence-corrected chi connectivity index (χ1v) is 20.1. The summed E-state index contributed by atoms with van der Waals surface area (Å²) in [7, 11) is 0. The van der Waals surface area contributed by atoms with Crippen molar-refractivity contribution in [3.63, 3.8) is 0 Å². The summed E-state index contributed by atoms with van der Waals surface area (Å²) in [5.74, 6) is -1.82. The Kier molecular flexibility index (Phi) is 17.7. The van der Waals surface area contributed by atoms with E-state index in [1.807, 2.05) is 0 Å². The smallest absolute Gasteiger partial charge is 0.435 e. The quantitative estimate of drug-likeness (QED) is 0.124. The third-order valence-corrected chi connectivity index (χ3v) is 10.5. The molecule has 8 nitrogen and oxygen atoms in total. The third kappa shape index (κ3) is 13.1. The molecule has 3 amide bonds. The van der Waals surface area contributed by atoms with Crippen molar-refractivity contribution in [3.8, 4) is 0 Å². The minimum absolute atomic E-state index is 0.0289. The number of hydrogen-bond donors (Lipinski definition) is 4. The van der Waals surface area contributed by atoms with E-state index in [1.165, 1.54) is 36.4 Å². The molecule has 4 aromatic rings. The Labute approximate surface area is 399 Å². The van der Waals surface area contributed by atoms with Crippen LogP contribution in [0, 0.1) is 0 Å². The van der Waals surface area contributed by atoms with Crippen molar-refractivity contribution in [1.82, 2.24) is 5.32 Å². The van der Waals surface area contributed by atoms with Gasteiger partial charge >= 0.3 is 42.1 Å². The topological polar surface area (TPSA) is 123 Å². The molecule has 5 N–H and O–H groups in total. The molecule has 0 atom stereocenters. The Morgan fingerprint density at radius 1 is 0.507 bits per heavy atom. The van der Waals surface area contributed by atoms with Crippen LogP contribution in [0.4, 0.5) is 77.6 Å². The molecule has 0 saturated carbocycles.